The number of amides is 1. The fourth-order valence-corrected chi connectivity index (χ4v) is 5.33. The normalized spacial score (nSPS) is 16.7. The average Bonchev–Trinajstić information content (AvgIpc) is 3.07. The summed E-state index contributed by atoms with van der Waals surface area (Å²) in [6, 6.07) is 7.89. The Bertz CT molecular complexity index is 1060. The first-order valence-corrected chi connectivity index (χ1v) is 11.9. The van der Waals surface area contributed by atoms with Gasteiger partial charge in [-0.25, -0.2) is 8.42 Å². The van der Waals surface area contributed by atoms with Crippen LogP contribution < -0.4 is 5.32 Å². The lowest BCUT2D eigenvalue weighted by Gasteiger charge is -2.32. The second kappa shape index (κ2) is 8.96. The van der Waals surface area contributed by atoms with Crippen LogP contribution in [-0.4, -0.2) is 42.4 Å². The van der Waals surface area contributed by atoms with E-state index in [1.807, 2.05) is 58.0 Å². The molecule has 0 spiro atoms. The van der Waals surface area contributed by atoms with Crippen molar-refractivity contribution in [3.8, 4) is 0 Å². The number of aryl methyl sites for hydroxylation is 2. The van der Waals surface area contributed by atoms with Crippen molar-refractivity contribution in [3.05, 3.63) is 46.8 Å². The van der Waals surface area contributed by atoms with E-state index < -0.39 is 10.0 Å². The molecule has 8 heteroatoms. The van der Waals surface area contributed by atoms with Gasteiger partial charge < -0.3 is 9.84 Å². The van der Waals surface area contributed by atoms with Crippen LogP contribution in [0, 0.1) is 19.8 Å². The summed E-state index contributed by atoms with van der Waals surface area (Å²) < 4.78 is 33.4. The van der Waals surface area contributed by atoms with E-state index in [-0.39, 0.29) is 41.1 Å². The Morgan fingerprint density at radius 1 is 1.13 bits per heavy atom. The summed E-state index contributed by atoms with van der Waals surface area (Å²) in [6.07, 6.45) is 4.42. The van der Waals surface area contributed by atoms with Crippen molar-refractivity contribution in [1.82, 2.24) is 14.8 Å². The predicted octanol–water partition coefficient (Wildman–Crippen LogP) is 3.78. The molecule has 3 rings (SSSR count). The van der Waals surface area contributed by atoms with Gasteiger partial charge in [-0.2, -0.15) is 4.31 Å². The maximum absolute atomic E-state index is 13.3. The quantitative estimate of drug-likeness (QED) is 0.756. The van der Waals surface area contributed by atoms with Gasteiger partial charge in [0.1, 0.15) is 5.69 Å². The van der Waals surface area contributed by atoms with Crippen molar-refractivity contribution >= 4 is 28.1 Å². The predicted molar refractivity (Wildman–Crippen MR) is 121 cm³/mol. The number of hydrogen-bond donors (Lipinski definition) is 1. The Hall–Kier alpha value is -2.45. The summed E-state index contributed by atoms with van der Waals surface area (Å²) in [7, 11) is -3.78. The van der Waals surface area contributed by atoms with Crippen LogP contribution in [0.2, 0.25) is 0 Å². The summed E-state index contributed by atoms with van der Waals surface area (Å²) in [5.74, 6) is 0.00764. The van der Waals surface area contributed by atoms with Crippen molar-refractivity contribution in [1.29, 1.82) is 0 Å². The first-order chi connectivity index (χ1) is 14.5. The number of nitrogens with one attached hydrogen (secondary N) is 1. The van der Waals surface area contributed by atoms with Crippen LogP contribution in [0.3, 0.4) is 0 Å². The van der Waals surface area contributed by atoms with Gasteiger partial charge in [-0.3, -0.25) is 4.79 Å². The molecule has 1 aromatic carbocycles. The Morgan fingerprint density at radius 3 is 2.32 bits per heavy atom. The maximum atomic E-state index is 13.3. The molecular formula is C23H31N3O4S. The van der Waals surface area contributed by atoms with Crippen LogP contribution in [-0.2, 0) is 14.8 Å². The van der Waals surface area contributed by atoms with Gasteiger partial charge in [-0.15, -0.1) is 0 Å². The lowest BCUT2D eigenvalue weighted by molar-refractivity contribution is -0.127. The molecule has 1 saturated heterocycles. The zero-order valence-corrected chi connectivity index (χ0v) is 19.6. The molecule has 0 bridgehead atoms. The van der Waals surface area contributed by atoms with E-state index in [1.54, 1.807) is 13.0 Å². The summed E-state index contributed by atoms with van der Waals surface area (Å²) in [5.41, 5.74) is 2.11. The number of aromatic nitrogens is 1. The molecule has 0 atom stereocenters. The van der Waals surface area contributed by atoms with Crippen LogP contribution >= 0.6 is 0 Å². The molecule has 1 fully saturated rings. The second-order valence-electron chi connectivity index (χ2n) is 9.12. The maximum Gasteiger partial charge on any atom is 0.248 e. The number of carbonyl (C=O) groups excluding carboxylic acids is 1. The molecule has 1 amide bonds. The number of sulfonamides is 1. The average molecular weight is 446 g/mol. The van der Waals surface area contributed by atoms with E-state index in [0.29, 0.717) is 18.5 Å². The Labute approximate surface area is 184 Å². The first kappa shape index (κ1) is 23.2. The molecule has 2 aromatic rings. The Balaban J connectivity index is 1.75. The van der Waals surface area contributed by atoms with Gasteiger partial charge in [0.2, 0.25) is 15.9 Å². The Morgan fingerprint density at radius 2 is 1.74 bits per heavy atom. The van der Waals surface area contributed by atoms with Crippen molar-refractivity contribution in [2.45, 2.75) is 57.9 Å². The molecule has 1 aliphatic heterocycles. The van der Waals surface area contributed by atoms with Crippen molar-refractivity contribution in [2.24, 2.45) is 5.92 Å². The Kier molecular flexibility index (Phi) is 6.71. The summed E-state index contributed by atoms with van der Waals surface area (Å²) in [5, 5.41) is 6.87. The minimum absolute atomic E-state index is 0.0209. The number of nitrogens with zero attached hydrogens (tertiary/aromatic N) is 2. The van der Waals surface area contributed by atoms with Gasteiger partial charge in [0.25, 0.3) is 0 Å². The van der Waals surface area contributed by atoms with Crippen molar-refractivity contribution < 1.29 is 17.7 Å². The fourth-order valence-electron chi connectivity index (χ4n) is 3.61. The summed E-state index contributed by atoms with van der Waals surface area (Å²) in [6.45, 7) is 10.0. The molecule has 0 saturated carbocycles. The summed E-state index contributed by atoms with van der Waals surface area (Å²) >= 11 is 0. The van der Waals surface area contributed by atoms with Crippen LogP contribution in [0.1, 0.15) is 56.2 Å². The third-order valence-electron chi connectivity index (χ3n) is 5.26. The van der Waals surface area contributed by atoms with E-state index >= 15 is 0 Å². The molecule has 1 N–H and O–H groups in total. The molecule has 0 aliphatic carbocycles. The van der Waals surface area contributed by atoms with Gasteiger partial charge in [-0.1, -0.05) is 41.1 Å². The first-order valence-electron chi connectivity index (χ1n) is 10.5. The molecule has 0 radical (unpaired) electrons. The van der Waals surface area contributed by atoms with Gasteiger partial charge in [0.05, 0.1) is 0 Å². The number of piperidine rings is 1. The number of benzene rings is 1. The standard InChI is InChI=1S/C23H31N3O4S/c1-16-6-8-18(9-7-16)10-11-20-21(17(2)25-30-20)31(28,29)26-14-12-19(13-15-26)22(27)24-23(3,4)5/h6-11,19H,12-15H2,1-5H3,(H,24,27)/b11-10+. The lowest BCUT2D eigenvalue weighted by atomic mass is 9.96. The van der Waals surface area contributed by atoms with Crippen LogP contribution in [0.4, 0.5) is 0 Å². The number of hydrogen-bond acceptors (Lipinski definition) is 5. The summed E-state index contributed by atoms with van der Waals surface area (Å²) in [4.78, 5) is 12.5. The van der Waals surface area contributed by atoms with Crippen molar-refractivity contribution in [2.75, 3.05) is 13.1 Å². The van der Waals surface area contributed by atoms with Gasteiger partial charge in [0, 0.05) is 24.5 Å². The van der Waals surface area contributed by atoms with E-state index in [1.165, 1.54) is 4.31 Å². The van der Waals surface area contributed by atoms with E-state index in [2.05, 4.69) is 10.5 Å². The molecule has 7 nitrogen and oxygen atoms in total. The highest BCUT2D eigenvalue weighted by atomic mass is 32.2. The third kappa shape index (κ3) is 5.62. The van der Waals surface area contributed by atoms with E-state index in [0.717, 1.165) is 11.1 Å². The van der Waals surface area contributed by atoms with Gasteiger partial charge in [-0.05, 0) is 59.1 Å². The lowest BCUT2D eigenvalue weighted by Crippen LogP contribution is -2.47. The molecule has 1 aromatic heterocycles. The molecule has 31 heavy (non-hydrogen) atoms. The molecule has 0 unspecified atom stereocenters. The van der Waals surface area contributed by atoms with E-state index in [4.69, 9.17) is 4.52 Å². The molecule has 2 heterocycles. The molecular weight excluding hydrogens is 414 g/mol. The van der Waals surface area contributed by atoms with Crippen LogP contribution in [0.15, 0.2) is 33.7 Å². The van der Waals surface area contributed by atoms with Crippen LogP contribution in [0.25, 0.3) is 12.2 Å². The smallest absolute Gasteiger partial charge is 0.248 e. The van der Waals surface area contributed by atoms with Crippen molar-refractivity contribution in [3.63, 3.8) is 0 Å². The van der Waals surface area contributed by atoms with Gasteiger partial charge in [0.15, 0.2) is 10.7 Å². The largest absolute Gasteiger partial charge is 0.355 e. The molecule has 1 aliphatic rings. The number of carbonyl (C=O) groups is 1. The SMILES string of the molecule is Cc1ccc(/C=C/c2onc(C)c2S(=O)(=O)N2CCC(C(=O)NC(C)(C)C)CC2)cc1. The minimum Gasteiger partial charge on any atom is -0.355 e. The monoisotopic (exact) mass is 445 g/mol. The zero-order chi connectivity index (χ0) is 22.8. The van der Waals surface area contributed by atoms with Crippen LogP contribution in [0.5, 0.6) is 0 Å². The highest BCUT2D eigenvalue weighted by molar-refractivity contribution is 7.89. The van der Waals surface area contributed by atoms with E-state index in [9.17, 15) is 13.2 Å². The topological polar surface area (TPSA) is 92.5 Å². The third-order valence-corrected chi connectivity index (χ3v) is 7.32. The highest BCUT2D eigenvalue weighted by Crippen LogP contribution is 2.29. The molecule has 168 valence electrons. The van der Waals surface area contributed by atoms with Gasteiger partial charge >= 0.3 is 0 Å². The highest BCUT2D eigenvalue weighted by Gasteiger charge is 2.36. The number of rotatable bonds is 5. The second-order valence-corrected chi connectivity index (χ2v) is 11.0. The fraction of sp³-hybridized carbons (Fsp3) is 0.478. The zero-order valence-electron chi connectivity index (χ0n) is 18.8. The minimum atomic E-state index is -3.78.